The topological polar surface area (TPSA) is 55.1 Å². The molecule has 3 heteroatoms. The van der Waals surface area contributed by atoms with Crippen molar-refractivity contribution in [1.29, 1.82) is 0 Å². The van der Waals surface area contributed by atoms with Gasteiger partial charge in [0.2, 0.25) is 5.91 Å². The van der Waals surface area contributed by atoms with Crippen molar-refractivity contribution in [3.63, 3.8) is 0 Å². The Morgan fingerprint density at radius 2 is 1.81 bits per heavy atom. The number of hydrogen-bond acceptors (Lipinski definition) is 2. The second kappa shape index (κ2) is 6.44. The summed E-state index contributed by atoms with van der Waals surface area (Å²) in [5, 5.41) is 3.05. The Labute approximate surface area is 126 Å². The van der Waals surface area contributed by atoms with Gasteiger partial charge in [-0.1, -0.05) is 35.9 Å². The van der Waals surface area contributed by atoms with E-state index < -0.39 is 0 Å². The van der Waals surface area contributed by atoms with Crippen LogP contribution in [0.15, 0.2) is 42.5 Å². The highest BCUT2D eigenvalue weighted by Gasteiger charge is 2.12. The predicted octanol–water partition coefficient (Wildman–Crippen LogP) is 3.31. The second-order valence-corrected chi connectivity index (χ2v) is 5.57. The molecule has 0 aromatic heterocycles. The number of rotatable bonds is 4. The maximum absolute atomic E-state index is 12.1. The average molecular weight is 282 g/mol. The van der Waals surface area contributed by atoms with Gasteiger partial charge in [-0.15, -0.1) is 0 Å². The molecule has 110 valence electrons. The van der Waals surface area contributed by atoms with E-state index in [-0.39, 0.29) is 11.9 Å². The first-order chi connectivity index (χ1) is 9.95. The van der Waals surface area contributed by atoms with Gasteiger partial charge in [0.15, 0.2) is 0 Å². The van der Waals surface area contributed by atoms with Crippen LogP contribution >= 0.6 is 0 Å². The fraction of sp³-hybridized carbons (Fsp3) is 0.278. The summed E-state index contributed by atoms with van der Waals surface area (Å²) in [6.45, 7) is 6.16. The van der Waals surface area contributed by atoms with Gasteiger partial charge in [-0.3, -0.25) is 4.79 Å². The summed E-state index contributed by atoms with van der Waals surface area (Å²) in [4.78, 5) is 12.1. The van der Waals surface area contributed by atoms with Crippen LogP contribution in [0, 0.1) is 13.8 Å². The molecular weight excluding hydrogens is 260 g/mol. The van der Waals surface area contributed by atoms with Crippen LogP contribution in [0.5, 0.6) is 0 Å². The van der Waals surface area contributed by atoms with Crippen LogP contribution in [0.3, 0.4) is 0 Å². The van der Waals surface area contributed by atoms with E-state index in [9.17, 15) is 4.79 Å². The molecule has 0 fully saturated rings. The number of carbonyl (C=O) groups excluding carboxylic acids is 1. The van der Waals surface area contributed by atoms with Crippen LogP contribution in [0.2, 0.25) is 0 Å². The number of hydrogen-bond donors (Lipinski definition) is 2. The summed E-state index contributed by atoms with van der Waals surface area (Å²) < 4.78 is 0. The molecule has 3 nitrogen and oxygen atoms in total. The van der Waals surface area contributed by atoms with Gasteiger partial charge in [-0.05, 0) is 49.6 Å². The molecule has 1 unspecified atom stereocenters. The molecule has 0 spiro atoms. The van der Waals surface area contributed by atoms with Crippen molar-refractivity contribution >= 4 is 11.6 Å². The molecule has 2 aromatic rings. The molecular formula is C18H22N2O. The first-order valence-electron chi connectivity index (χ1n) is 7.16. The summed E-state index contributed by atoms with van der Waals surface area (Å²) in [5.74, 6) is 0.0206. The Bertz CT molecular complexity index is 632. The Morgan fingerprint density at radius 1 is 1.14 bits per heavy atom. The van der Waals surface area contributed by atoms with Crippen molar-refractivity contribution in [2.75, 3.05) is 5.73 Å². The van der Waals surface area contributed by atoms with Gasteiger partial charge in [0.05, 0.1) is 12.5 Å². The summed E-state index contributed by atoms with van der Waals surface area (Å²) in [5.41, 5.74) is 10.9. The van der Waals surface area contributed by atoms with E-state index in [4.69, 9.17) is 5.73 Å². The van der Waals surface area contributed by atoms with E-state index in [1.165, 1.54) is 11.1 Å². The molecule has 0 radical (unpaired) electrons. The monoisotopic (exact) mass is 282 g/mol. The minimum atomic E-state index is 0.00637. The molecule has 1 atom stereocenters. The van der Waals surface area contributed by atoms with E-state index >= 15 is 0 Å². The lowest BCUT2D eigenvalue weighted by atomic mass is 10.00. The maximum atomic E-state index is 12.1. The second-order valence-electron chi connectivity index (χ2n) is 5.57. The zero-order valence-electron chi connectivity index (χ0n) is 12.8. The Hall–Kier alpha value is -2.29. The number of nitrogens with one attached hydrogen (secondary N) is 1. The van der Waals surface area contributed by atoms with Gasteiger partial charge < -0.3 is 11.1 Å². The maximum Gasteiger partial charge on any atom is 0.224 e. The van der Waals surface area contributed by atoms with Gasteiger partial charge in [0, 0.05) is 5.69 Å². The first kappa shape index (κ1) is 15.1. The van der Waals surface area contributed by atoms with E-state index in [0.717, 1.165) is 11.1 Å². The number of nitrogen functional groups attached to an aromatic ring is 1. The van der Waals surface area contributed by atoms with Crippen LogP contribution < -0.4 is 11.1 Å². The SMILES string of the molecule is Cc1ccc(C(C)NC(=O)Cc2ccc(N)cc2)c(C)c1. The molecule has 2 aromatic carbocycles. The van der Waals surface area contributed by atoms with Crippen molar-refractivity contribution in [1.82, 2.24) is 5.32 Å². The van der Waals surface area contributed by atoms with Gasteiger partial charge in [-0.2, -0.15) is 0 Å². The molecule has 2 rings (SSSR count). The Kier molecular flexibility index (Phi) is 4.63. The van der Waals surface area contributed by atoms with Gasteiger partial charge >= 0.3 is 0 Å². The summed E-state index contributed by atoms with van der Waals surface area (Å²) >= 11 is 0. The zero-order chi connectivity index (χ0) is 15.4. The number of carbonyl (C=O) groups is 1. The zero-order valence-corrected chi connectivity index (χ0v) is 12.8. The third-order valence-electron chi connectivity index (χ3n) is 3.61. The van der Waals surface area contributed by atoms with Crippen LogP contribution in [0.1, 0.15) is 35.2 Å². The van der Waals surface area contributed by atoms with Crippen LogP contribution in [-0.4, -0.2) is 5.91 Å². The largest absolute Gasteiger partial charge is 0.399 e. The first-order valence-corrected chi connectivity index (χ1v) is 7.16. The van der Waals surface area contributed by atoms with E-state index in [2.05, 4.69) is 37.4 Å². The number of nitrogens with two attached hydrogens (primary N) is 1. The third-order valence-corrected chi connectivity index (χ3v) is 3.61. The van der Waals surface area contributed by atoms with Crippen LogP contribution in [0.4, 0.5) is 5.69 Å². The van der Waals surface area contributed by atoms with E-state index in [1.807, 2.05) is 31.2 Å². The molecule has 1 amide bonds. The Balaban J connectivity index is 2.00. The van der Waals surface area contributed by atoms with Crippen molar-refractivity contribution in [2.24, 2.45) is 0 Å². The number of anilines is 1. The fourth-order valence-corrected chi connectivity index (χ4v) is 2.50. The van der Waals surface area contributed by atoms with Gasteiger partial charge in [0.25, 0.3) is 0 Å². The van der Waals surface area contributed by atoms with Crippen molar-refractivity contribution in [3.05, 3.63) is 64.7 Å². The van der Waals surface area contributed by atoms with Crippen molar-refractivity contribution in [2.45, 2.75) is 33.2 Å². The predicted molar refractivity (Wildman–Crippen MR) is 87.0 cm³/mol. The lowest BCUT2D eigenvalue weighted by Gasteiger charge is -2.17. The molecule has 0 aliphatic heterocycles. The third kappa shape index (κ3) is 4.09. The standard InChI is InChI=1S/C18H22N2O/c1-12-4-9-17(13(2)10-12)14(3)20-18(21)11-15-5-7-16(19)8-6-15/h4-10,14H,11,19H2,1-3H3,(H,20,21). The van der Waals surface area contributed by atoms with Crippen LogP contribution in [0.25, 0.3) is 0 Å². The normalized spacial score (nSPS) is 12.0. The number of amides is 1. The summed E-state index contributed by atoms with van der Waals surface area (Å²) in [6.07, 6.45) is 0.371. The molecule has 0 aliphatic rings. The fourth-order valence-electron chi connectivity index (χ4n) is 2.50. The highest BCUT2D eigenvalue weighted by molar-refractivity contribution is 5.79. The number of benzene rings is 2. The average Bonchev–Trinajstić information content (AvgIpc) is 2.41. The van der Waals surface area contributed by atoms with E-state index in [1.54, 1.807) is 0 Å². The van der Waals surface area contributed by atoms with Crippen molar-refractivity contribution < 1.29 is 4.79 Å². The van der Waals surface area contributed by atoms with Crippen LogP contribution in [-0.2, 0) is 11.2 Å². The molecule has 0 heterocycles. The molecule has 3 N–H and O–H groups in total. The molecule has 21 heavy (non-hydrogen) atoms. The lowest BCUT2D eigenvalue weighted by molar-refractivity contribution is -0.121. The minimum absolute atomic E-state index is 0.00637. The smallest absolute Gasteiger partial charge is 0.224 e. The summed E-state index contributed by atoms with van der Waals surface area (Å²) in [7, 11) is 0. The summed E-state index contributed by atoms with van der Waals surface area (Å²) in [6, 6.07) is 13.7. The molecule has 0 saturated carbocycles. The van der Waals surface area contributed by atoms with Gasteiger partial charge in [-0.25, -0.2) is 0 Å². The highest BCUT2D eigenvalue weighted by Crippen LogP contribution is 2.18. The van der Waals surface area contributed by atoms with Crippen molar-refractivity contribution in [3.8, 4) is 0 Å². The highest BCUT2D eigenvalue weighted by atomic mass is 16.1. The number of aryl methyl sites for hydroxylation is 2. The van der Waals surface area contributed by atoms with E-state index in [0.29, 0.717) is 12.1 Å². The lowest BCUT2D eigenvalue weighted by Crippen LogP contribution is -2.28. The molecule has 0 saturated heterocycles. The molecule has 0 aliphatic carbocycles. The van der Waals surface area contributed by atoms with Gasteiger partial charge in [0.1, 0.15) is 0 Å². The minimum Gasteiger partial charge on any atom is -0.399 e. The quantitative estimate of drug-likeness (QED) is 0.845. The Morgan fingerprint density at radius 3 is 2.43 bits per heavy atom. The molecule has 0 bridgehead atoms.